The van der Waals surface area contributed by atoms with Crippen molar-refractivity contribution in [2.24, 2.45) is 34.5 Å². The molecule has 0 spiro atoms. The molecule has 3 saturated heterocycles. The number of methoxy groups -OCH3 is 1. The van der Waals surface area contributed by atoms with E-state index in [2.05, 4.69) is 13.8 Å². The highest BCUT2D eigenvalue weighted by Crippen LogP contribution is 2.70. The van der Waals surface area contributed by atoms with Crippen LogP contribution in [-0.4, -0.2) is 184 Å². The van der Waals surface area contributed by atoms with Gasteiger partial charge in [0.2, 0.25) is 0 Å². The first-order valence-corrected chi connectivity index (χ1v) is 22.7. The number of aliphatic hydroxyl groups excluding tert-OH is 7. The number of fused-ring (bicyclic) bond motifs is 5. The molecule has 4 aliphatic heterocycles. The Balaban J connectivity index is 0.915. The van der Waals surface area contributed by atoms with E-state index >= 15 is 0 Å². The minimum Gasteiger partial charge on any atom is -0.458 e. The molecule has 0 aromatic carbocycles. The lowest BCUT2D eigenvalue weighted by Crippen LogP contribution is -2.65. The van der Waals surface area contributed by atoms with Gasteiger partial charge in [0.25, 0.3) is 0 Å². The normalized spacial score (nSPS) is 52.3. The summed E-state index contributed by atoms with van der Waals surface area (Å²) >= 11 is 0. The molecule has 7 fully saturated rings. The van der Waals surface area contributed by atoms with Crippen LogP contribution < -0.4 is 0 Å². The zero-order chi connectivity index (χ0) is 45.3. The molecule has 63 heavy (non-hydrogen) atoms. The Kier molecular flexibility index (Phi) is 13.8. The number of cyclic esters (lactones) is 1. The first-order valence-electron chi connectivity index (χ1n) is 22.7. The topological polar surface area (TPSA) is 279 Å². The van der Waals surface area contributed by atoms with Gasteiger partial charge in [0.1, 0.15) is 67.6 Å². The Morgan fingerprint density at radius 2 is 1.48 bits per heavy atom. The Hall–Kier alpha value is -1.92. The van der Waals surface area contributed by atoms with Crippen molar-refractivity contribution in [1.82, 2.24) is 0 Å². The van der Waals surface area contributed by atoms with Crippen molar-refractivity contribution in [3.8, 4) is 0 Å². The molecular formula is C44H68O19. The highest BCUT2D eigenvalue weighted by Gasteiger charge is 2.68. The largest absolute Gasteiger partial charge is 0.458 e. The summed E-state index contributed by atoms with van der Waals surface area (Å²) in [5, 5.41) is 85.6. The van der Waals surface area contributed by atoms with Crippen LogP contribution in [0.2, 0.25) is 0 Å². The Morgan fingerprint density at radius 3 is 2.14 bits per heavy atom. The van der Waals surface area contributed by atoms with Gasteiger partial charge in [-0.05, 0) is 99.4 Å². The number of carbonyl (C=O) groups is 2. The number of esters is 2. The minimum absolute atomic E-state index is 0.0235. The monoisotopic (exact) mass is 900 g/mol. The summed E-state index contributed by atoms with van der Waals surface area (Å²) in [5.41, 5.74) is -0.164. The predicted molar refractivity (Wildman–Crippen MR) is 213 cm³/mol. The molecule has 0 unspecified atom stereocenters. The zero-order valence-corrected chi connectivity index (χ0v) is 36.7. The summed E-state index contributed by atoms with van der Waals surface area (Å²) in [5.74, 6) is -0.00243. The molecule has 4 aliphatic carbocycles. The third kappa shape index (κ3) is 8.32. The number of carbonyl (C=O) groups excluding carboxylic acids is 2. The van der Waals surface area contributed by atoms with Crippen LogP contribution in [0.4, 0.5) is 0 Å². The first kappa shape index (κ1) is 47.6. The van der Waals surface area contributed by atoms with E-state index in [9.17, 15) is 50.4 Å². The van der Waals surface area contributed by atoms with Crippen molar-refractivity contribution in [3.05, 3.63) is 11.6 Å². The summed E-state index contributed by atoms with van der Waals surface area (Å²) < 4.78 is 53.2. The fraction of sp³-hybridized carbons (Fsp3) is 0.909. The first-order chi connectivity index (χ1) is 29.8. The molecule has 358 valence electrons. The minimum atomic E-state index is -1.80. The number of hydrogen-bond acceptors (Lipinski definition) is 19. The summed E-state index contributed by atoms with van der Waals surface area (Å²) in [6.07, 6.45) is -12.2. The molecule has 23 atom stereocenters. The van der Waals surface area contributed by atoms with Gasteiger partial charge in [-0.2, -0.15) is 0 Å². The third-order valence-corrected chi connectivity index (χ3v) is 16.8. The number of ether oxygens (including phenoxy) is 9. The van der Waals surface area contributed by atoms with E-state index < -0.39 is 117 Å². The molecule has 4 saturated carbocycles. The lowest BCUT2D eigenvalue weighted by molar-refractivity contribution is -0.367. The fourth-order valence-corrected chi connectivity index (χ4v) is 13.3. The molecule has 8 N–H and O–H groups in total. The van der Waals surface area contributed by atoms with Gasteiger partial charge in [-0.1, -0.05) is 13.8 Å². The van der Waals surface area contributed by atoms with Crippen LogP contribution in [0.15, 0.2) is 11.6 Å². The van der Waals surface area contributed by atoms with Gasteiger partial charge in [0, 0.05) is 25.5 Å². The molecule has 0 bridgehead atoms. The van der Waals surface area contributed by atoms with Gasteiger partial charge in [-0.25, -0.2) is 4.79 Å². The Morgan fingerprint density at radius 1 is 0.778 bits per heavy atom. The Labute approximate surface area is 366 Å². The smallest absolute Gasteiger partial charge is 0.331 e. The van der Waals surface area contributed by atoms with E-state index in [0.717, 1.165) is 50.5 Å². The van der Waals surface area contributed by atoms with E-state index in [0.29, 0.717) is 31.3 Å². The van der Waals surface area contributed by atoms with Crippen LogP contribution in [0.1, 0.15) is 85.5 Å². The summed E-state index contributed by atoms with van der Waals surface area (Å²) in [6.45, 7) is 6.62. The van der Waals surface area contributed by atoms with Gasteiger partial charge < -0.3 is 83.5 Å². The van der Waals surface area contributed by atoms with Crippen LogP contribution in [-0.2, 0) is 52.2 Å². The Bertz CT molecular complexity index is 1680. The molecule has 19 nitrogen and oxygen atoms in total. The second-order valence-electron chi connectivity index (χ2n) is 20.0. The standard InChI is InChI=1S/C44H68O19/c1-19-36(63-40-35(53)33(51)31(49)28(62-40)18-57-39-34(52)32(50)30(48)27(16-45)61-39)37(55-5)38(59-20(2)46)41(58-19)60-23-8-11-42(3)22(15-23)6-7-26-25(42)9-12-43(4)24(10-13-44(26,43)54)21-14-29(47)56-17-21/h14,19,22-28,30-41,45,48-54H,6-13,15-18H2,1-5H3/t19-,22+,23-,24+,25-,26+,27+,28+,30+,31+,32-,33-,34+,35+,36-,37+,38-,39+,40-,41-,42-,43+,44-/m0/s1. The van der Waals surface area contributed by atoms with Gasteiger partial charge in [-0.15, -0.1) is 0 Å². The molecule has 8 aliphatic rings. The van der Waals surface area contributed by atoms with Crippen molar-refractivity contribution < 1.29 is 93.1 Å². The average Bonchev–Trinajstić information content (AvgIpc) is 3.80. The third-order valence-electron chi connectivity index (χ3n) is 16.8. The SMILES string of the molecule is CO[C@H]1[C@H](OC(C)=O)[C@H](O[C@H]2CC[C@@]3(C)[C@H](CC[C@@H]4[C@@H]3CC[C@]3(C)[C@@H](C5=CC(=O)OC5)CC[C@]43O)C2)O[C@@H](C)[C@@H]1O[C@@H]1O[C@H](CO[C@@H]2O[C@H](CO)[C@@H](O)[C@H](O)[C@H]2O)[C@@H](O)[C@H](O)[C@H]1O. The second-order valence-corrected chi connectivity index (χ2v) is 20.0. The summed E-state index contributed by atoms with van der Waals surface area (Å²) in [7, 11) is 1.40. The van der Waals surface area contributed by atoms with Gasteiger partial charge in [-0.3, -0.25) is 4.79 Å². The van der Waals surface area contributed by atoms with Crippen LogP contribution in [0.3, 0.4) is 0 Å². The van der Waals surface area contributed by atoms with Gasteiger partial charge in [0.15, 0.2) is 25.0 Å². The van der Waals surface area contributed by atoms with Crippen LogP contribution >= 0.6 is 0 Å². The maximum absolute atomic E-state index is 12.7. The molecule has 0 radical (unpaired) electrons. The van der Waals surface area contributed by atoms with Crippen LogP contribution in [0.5, 0.6) is 0 Å². The average molecular weight is 901 g/mol. The maximum Gasteiger partial charge on any atom is 0.331 e. The van der Waals surface area contributed by atoms with Crippen LogP contribution in [0.25, 0.3) is 0 Å². The van der Waals surface area contributed by atoms with E-state index in [1.807, 2.05) is 0 Å². The van der Waals surface area contributed by atoms with Gasteiger partial charge >= 0.3 is 11.9 Å². The number of hydrogen-bond donors (Lipinski definition) is 8. The maximum atomic E-state index is 12.7. The van der Waals surface area contributed by atoms with Crippen molar-refractivity contribution in [1.29, 1.82) is 0 Å². The number of rotatable bonds is 11. The molecule has 19 heteroatoms. The molecule has 4 heterocycles. The second kappa shape index (κ2) is 18.3. The van der Waals surface area contributed by atoms with Crippen molar-refractivity contribution >= 4 is 11.9 Å². The van der Waals surface area contributed by atoms with E-state index in [4.69, 9.17) is 42.6 Å². The van der Waals surface area contributed by atoms with Crippen molar-refractivity contribution in [2.45, 2.75) is 189 Å². The highest BCUT2D eigenvalue weighted by molar-refractivity contribution is 5.85. The summed E-state index contributed by atoms with van der Waals surface area (Å²) in [4.78, 5) is 24.6. The van der Waals surface area contributed by atoms with Gasteiger partial charge in [0.05, 0.1) is 31.0 Å². The van der Waals surface area contributed by atoms with E-state index in [1.165, 1.54) is 14.0 Å². The van der Waals surface area contributed by atoms with E-state index in [-0.39, 0.29) is 34.7 Å². The lowest BCUT2D eigenvalue weighted by atomic mass is 9.43. The zero-order valence-electron chi connectivity index (χ0n) is 36.7. The quantitative estimate of drug-likeness (QED) is 0.0943. The van der Waals surface area contributed by atoms with E-state index in [1.54, 1.807) is 13.0 Å². The highest BCUT2D eigenvalue weighted by atomic mass is 16.8. The molecule has 0 amide bonds. The molecule has 8 rings (SSSR count). The number of aliphatic hydroxyl groups is 8. The lowest BCUT2D eigenvalue weighted by Gasteiger charge is -2.64. The summed E-state index contributed by atoms with van der Waals surface area (Å²) in [6, 6.07) is 0. The van der Waals surface area contributed by atoms with Crippen molar-refractivity contribution in [2.75, 3.05) is 26.9 Å². The fourth-order valence-electron chi connectivity index (χ4n) is 13.3. The van der Waals surface area contributed by atoms with Crippen molar-refractivity contribution in [3.63, 3.8) is 0 Å². The molecular weight excluding hydrogens is 832 g/mol. The molecule has 0 aromatic rings. The molecule has 0 aromatic heterocycles. The predicted octanol–water partition coefficient (Wildman–Crippen LogP) is -0.671. The van der Waals surface area contributed by atoms with Crippen LogP contribution in [0, 0.1) is 34.5 Å².